The monoisotopic (exact) mass is 560 g/mol. The second kappa shape index (κ2) is 13.4. The van der Waals surface area contributed by atoms with Crippen molar-refractivity contribution >= 4 is 58.7 Å². The highest BCUT2D eigenvalue weighted by Crippen LogP contribution is 2.24. The number of carbonyl (C=O) groups is 3. The average Bonchev–Trinajstić information content (AvgIpc) is 2.94. The third-order valence-electron chi connectivity index (χ3n) is 5.21. The Bertz CT molecular complexity index is 1500. The molecule has 0 fully saturated rings. The third kappa shape index (κ3) is 8.00. The van der Waals surface area contributed by atoms with Gasteiger partial charge in [0.25, 0.3) is 11.8 Å². The van der Waals surface area contributed by atoms with E-state index in [-0.39, 0.29) is 27.9 Å². The quantitative estimate of drug-likeness (QED) is 0.172. The van der Waals surface area contributed by atoms with Crippen LogP contribution in [0.1, 0.15) is 15.9 Å². The highest BCUT2D eigenvalue weighted by molar-refractivity contribution is 8.00. The van der Waals surface area contributed by atoms with Crippen LogP contribution in [0.2, 0.25) is 5.02 Å². The van der Waals surface area contributed by atoms with Crippen molar-refractivity contribution in [3.05, 3.63) is 125 Å². The van der Waals surface area contributed by atoms with E-state index >= 15 is 0 Å². The van der Waals surface area contributed by atoms with E-state index in [2.05, 4.69) is 20.9 Å². The first-order valence-electron chi connectivity index (χ1n) is 11.7. The van der Waals surface area contributed by atoms with E-state index in [1.54, 1.807) is 79.0 Å². The lowest BCUT2D eigenvalue weighted by molar-refractivity contribution is -0.114. The predicted octanol–water partition coefficient (Wildman–Crippen LogP) is 6.01. The Kier molecular flexibility index (Phi) is 9.44. The van der Waals surface area contributed by atoms with E-state index < -0.39 is 17.6 Å². The van der Waals surface area contributed by atoms with Gasteiger partial charge in [0, 0.05) is 27.9 Å². The van der Waals surface area contributed by atoms with Gasteiger partial charge in [-0.1, -0.05) is 48.0 Å². The van der Waals surface area contributed by atoms with Crippen molar-refractivity contribution in [3.63, 3.8) is 0 Å². The number of thioether (sulfide) groups is 1. The van der Waals surface area contributed by atoms with E-state index in [1.807, 2.05) is 0 Å². The van der Waals surface area contributed by atoms with Crippen LogP contribution in [0.15, 0.2) is 108 Å². The lowest BCUT2D eigenvalue weighted by atomic mass is 10.1. The predicted molar refractivity (Wildman–Crippen MR) is 152 cm³/mol. The minimum absolute atomic E-state index is 0.0408. The zero-order valence-corrected chi connectivity index (χ0v) is 21.9. The van der Waals surface area contributed by atoms with Crippen LogP contribution in [0.3, 0.4) is 0 Å². The van der Waals surface area contributed by atoms with Gasteiger partial charge >= 0.3 is 0 Å². The zero-order valence-electron chi connectivity index (χ0n) is 20.4. The molecule has 4 rings (SSSR count). The third-order valence-corrected chi connectivity index (χ3v) is 6.53. The highest BCUT2D eigenvalue weighted by atomic mass is 35.5. The van der Waals surface area contributed by atoms with Gasteiger partial charge in [-0.15, -0.1) is 11.8 Å². The number of aromatic nitrogens is 1. The molecule has 0 radical (unpaired) electrons. The molecule has 3 amide bonds. The molecule has 0 atom stereocenters. The number of hydrogen-bond donors (Lipinski definition) is 3. The fourth-order valence-corrected chi connectivity index (χ4v) is 4.33. The van der Waals surface area contributed by atoms with Crippen LogP contribution in [0.25, 0.3) is 6.08 Å². The first-order valence-corrected chi connectivity index (χ1v) is 13.0. The number of anilines is 2. The van der Waals surface area contributed by atoms with Gasteiger partial charge in [0.1, 0.15) is 17.3 Å². The number of pyridine rings is 1. The summed E-state index contributed by atoms with van der Waals surface area (Å²) in [5.41, 5.74) is 0.484. The molecule has 0 aliphatic heterocycles. The van der Waals surface area contributed by atoms with Crippen molar-refractivity contribution in [2.75, 3.05) is 16.4 Å². The summed E-state index contributed by atoms with van der Waals surface area (Å²) in [5.74, 6) is -1.54. The van der Waals surface area contributed by atoms with Gasteiger partial charge in [-0.25, -0.2) is 9.37 Å². The maximum atomic E-state index is 14.5. The molecule has 4 aromatic rings. The molecule has 39 heavy (non-hydrogen) atoms. The van der Waals surface area contributed by atoms with Gasteiger partial charge in [0.2, 0.25) is 5.91 Å². The summed E-state index contributed by atoms with van der Waals surface area (Å²) in [6.07, 6.45) is 2.77. The molecule has 196 valence electrons. The van der Waals surface area contributed by atoms with Crippen LogP contribution >= 0.6 is 23.4 Å². The molecule has 1 aromatic heterocycles. The van der Waals surface area contributed by atoms with Gasteiger partial charge in [0.05, 0.1) is 10.8 Å². The first-order chi connectivity index (χ1) is 18.9. The number of rotatable bonds is 9. The Labute approximate surface area is 233 Å². The molecule has 3 N–H and O–H groups in total. The minimum Gasteiger partial charge on any atom is -0.321 e. The standard InChI is InChI=1S/C29H22ClFN4O3S/c30-23-12-7-13-24(31)22(23)17-25(34-28(37)19-8-2-1-3-9-19)29(38)33-20-10-6-11-21(16-20)39-18-27(36)35-26-14-4-5-15-32-26/h1-17H,18H2,(H,33,38)(H,34,37)(H,32,35,36)/b25-17+. The highest BCUT2D eigenvalue weighted by Gasteiger charge is 2.17. The maximum absolute atomic E-state index is 14.5. The Morgan fingerprint density at radius 3 is 2.41 bits per heavy atom. The second-order valence-electron chi connectivity index (χ2n) is 8.05. The Morgan fingerprint density at radius 1 is 0.897 bits per heavy atom. The van der Waals surface area contributed by atoms with Crippen molar-refractivity contribution < 1.29 is 18.8 Å². The molecule has 0 saturated carbocycles. The van der Waals surface area contributed by atoms with E-state index in [0.717, 1.165) is 4.90 Å². The van der Waals surface area contributed by atoms with Gasteiger partial charge in [-0.2, -0.15) is 0 Å². The fraction of sp³-hybridized carbons (Fsp3) is 0.0345. The van der Waals surface area contributed by atoms with Crippen LogP contribution in [-0.4, -0.2) is 28.5 Å². The van der Waals surface area contributed by atoms with Crippen molar-refractivity contribution in [1.82, 2.24) is 10.3 Å². The lowest BCUT2D eigenvalue weighted by Gasteiger charge is -2.13. The first kappa shape index (κ1) is 27.6. The zero-order chi connectivity index (χ0) is 27.6. The molecular weight excluding hydrogens is 539 g/mol. The number of nitrogens with zero attached hydrogens (tertiary/aromatic N) is 1. The summed E-state index contributed by atoms with van der Waals surface area (Å²) in [6.45, 7) is 0. The van der Waals surface area contributed by atoms with Crippen molar-refractivity contribution in [1.29, 1.82) is 0 Å². The van der Waals surface area contributed by atoms with Crippen LogP contribution in [-0.2, 0) is 9.59 Å². The summed E-state index contributed by atoms with van der Waals surface area (Å²) in [7, 11) is 0. The average molecular weight is 561 g/mol. The molecule has 0 aliphatic rings. The van der Waals surface area contributed by atoms with Crippen LogP contribution in [0, 0.1) is 5.82 Å². The van der Waals surface area contributed by atoms with E-state index in [9.17, 15) is 18.8 Å². The summed E-state index contributed by atoms with van der Waals surface area (Å²) in [6, 6.07) is 24.5. The summed E-state index contributed by atoms with van der Waals surface area (Å²) in [4.78, 5) is 43.1. The fourth-order valence-electron chi connectivity index (χ4n) is 3.36. The van der Waals surface area contributed by atoms with Crippen LogP contribution in [0.5, 0.6) is 0 Å². The molecule has 0 aliphatic carbocycles. The van der Waals surface area contributed by atoms with Gasteiger partial charge in [0.15, 0.2) is 0 Å². The molecule has 7 nitrogen and oxygen atoms in total. The van der Waals surface area contributed by atoms with Crippen molar-refractivity contribution in [3.8, 4) is 0 Å². The Balaban J connectivity index is 1.49. The van der Waals surface area contributed by atoms with Crippen molar-refractivity contribution in [2.24, 2.45) is 0 Å². The van der Waals surface area contributed by atoms with E-state index in [0.29, 0.717) is 17.1 Å². The van der Waals surface area contributed by atoms with Gasteiger partial charge in [-0.3, -0.25) is 14.4 Å². The number of benzene rings is 3. The topological polar surface area (TPSA) is 100 Å². The minimum atomic E-state index is -0.686. The van der Waals surface area contributed by atoms with Crippen LogP contribution in [0.4, 0.5) is 15.9 Å². The summed E-state index contributed by atoms with van der Waals surface area (Å²) < 4.78 is 14.5. The largest absolute Gasteiger partial charge is 0.321 e. The van der Waals surface area contributed by atoms with Crippen molar-refractivity contribution in [2.45, 2.75) is 4.90 Å². The Morgan fingerprint density at radius 2 is 1.67 bits per heavy atom. The molecule has 0 unspecified atom stereocenters. The molecule has 0 saturated heterocycles. The Hall–Kier alpha value is -4.47. The molecule has 0 spiro atoms. The molecule has 0 bridgehead atoms. The van der Waals surface area contributed by atoms with E-state index in [4.69, 9.17) is 11.6 Å². The van der Waals surface area contributed by atoms with Gasteiger partial charge in [-0.05, 0) is 60.7 Å². The summed E-state index contributed by atoms with van der Waals surface area (Å²) in [5, 5.41) is 8.06. The number of nitrogens with one attached hydrogen (secondary N) is 3. The normalized spacial score (nSPS) is 11.0. The number of carbonyl (C=O) groups excluding carboxylic acids is 3. The number of halogens is 2. The maximum Gasteiger partial charge on any atom is 0.272 e. The van der Waals surface area contributed by atoms with Gasteiger partial charge < -0.3 is 16.0 Å². The smallest absolute Gasteiger partial charge is 0.272 e. The van der Waals surface area contributed by atoms with E-state index in [1.165, 1.54) is 36.0 Å². The number of hydrogen-bond acceptors (Lipinski definition) is 5. The number of amides is 3. The summed E-state index contributed by atoms with van der Waals surface area (Å²) >= 11 is 7.43. The second-order valence-corrected chi connectivity index (χ2v) is 9.50. The SMILES string of the molecule is O=C(CSc1cccc(NC(=O)/C(=C\c2c(F)cccc2Cl)NC(=O)c2ccccc2)c1)Nc1ccccn1. The lowest BCUT2D eigenvalue weighted by Crippen LogP contribution is -2.30. The molecular formula is C29H22ClFN4O3S. The molecule has 3 aromatic carbocycles. The molecule has 10 heteroatoms. The van der Waals surface area contributed by atoms with Crippen LogP contribution < -0.4 is 16.0 Å². The molecule has 1 heterocycles.